The lowest BCUT2D eigenvalue weighted by Gasteiger charge is -2.09. The molecule has 2 nitrogen and oxygen atoms in total. The molecule has 0 saturated heterocycles. The van der Waals surface area contributed by atoms with Crippen molar-refractivity contribution in [2.45, 2.75) is 25.3 Å². The molecule has 0 aliphatic carbocycles. The zero-order chi connectivity index (χ0) is 10.7. The molecule has 0 atom stereocenters. The van der Waals surface area contributed by atoms with E-state index in [-0.39, 0.29) is 12.2 Å². The first-order valence-corrected chi connectivity index (χ1v) is 5.16. The summed E-state index contributed by atoms with van der Waals surface area (Å²) in [6.45, 7) is 1.27. The van der Waals surface area contributed by atoms with Crippen LogP contribution in [0.3, 0.4) is 0 Å². The Kier molecular flexibility index (Phi) is 3.95. The summed E-state index contributed by atoms with van der Waals surface area (Å²) in [5, 5.41) is 9.39. The topological polar surface area (TPSA) is 33.1 Å². The Hall–Kier alpha value is -0.550. The predicted octanol–water partition coefficient (Wildman–Crippen LogP) is 2.71. The maximum Gasteiger partial charge on any atom is 0.265 e. The van der Waals surface area contributed by atoms with Crippen molar-refractivity contribution in [1.29, 1.82) is 0 Å². The molecule has 0 radical (unpaired) electrons. The monoisotopic (exact) mass is 265 g/mol. The second-order valence-electron chi connectivity index (χ2n) is 2.86. The summed E-state index contributed by atoms with van der Waals surface area (Å²) in [4.78, 5) is 4.00. The van der Waals surface area contributed by atoms with Crippen LogP contribution in [0.15, 0.2) is 6.07 Å². The molecule has 0 aliphatic rings. The van der Waals surface area contributed by atoms with Crippen LogP contribution in [-0.4, -0.2) is 10.1 Å². The molecular weight excluding hydrogens is 256 g/mol. The third-order valence-corrected chi connectivity index (χ3v) is 2.48. The molecule has 1 N–H and O–H groups in total. The molecule has 0 unspecified atom stereocenters. The highest BCUT2D eigenvalue weighted by Crippen LogP contribution is 2.24. The van der Waals surface area contributed by atoms with Gasteiger partial charge in [-0.2, -0.15) is 0 Å². The van der Waals surface area contributed by atoms with Crippen LogP contribution in [0.25, 0.3) is 0 Å². The Morgan fingerprint density at radius 1 is 1.57 bits per heavy atom. The summed E-state index contributed by atoms with van der Waals surface area (Å²) in [6, 6.07) is 1.31. The van der Waals surface area contributed by atoms with Gasteiger partial charge in [-0.05, 0) is 13.0 Å². The quantitative estimate of drug-likeness (QED) is 0.853. The lowest BCUT2D eigenvalue weighted by Crippen LogP contribution is -2.02. The van der Waals surface area contributed by atoms with Gasteiger partial charge >= 0.3 is 0 Å². The van der Waals surface area contributed by atoms with Crippen LogP contribution < -0.4 is 0 Å². The van der Waals surface area contributed by atoms with Gasteiger partial charge in [-0.25, -0.2) is 8.78 Å². The minimum Gasteiger partial charge on any atom is -0.392 e. The number of nitrogens with zero attached hydrogens (tertiary/aromatic N) is 1. The Bertz CT molecular complexity index is 331. The second-order valence-corrected chi connectivity index (χ2v) is 3.42. The number of hydrogen-bond donors (Lipinski definition) is 1. The number of aryl methyl sites for hydroxylation is 1. The maximum absolute atomic E-state index is 12.4. The van der Waals surface area contributed by atoms with Gasteiger partial charge in [0.1, 0.15) is 0 Å². The van der Waals surface area contributed by atoms with Crippen LogP contribution in [0.4, 0.5) is 8.78 Å². The van der Waals surface area contributed by atoms with E-state index in [0.29, 0.717) is 22.3 Å². The largest absolute Gasteiger partial charge is 0.392 e. The summed E-state index contributed by atoms with van der Waals surface area (Å²) in [6.07, 6.45) is -2.54. The van der Waals surface area contributed by atoms with Crippen LogP contribution in [0, 0.1) is 6.92 Å². The van der Waals surface area contributed by atoms with Gasteiger partial charge in [0.15, 0.2) is 0 Å². The van der Waals surface area contributed by atoms with E-state index in [1.165, 1.54) is 13.0 Å². The lowest BCUT2D eigenvalue weighted by molar-refractivity contribution is 0.149. The molecule has 14 heavy (non-hydrogen) atoms. The van der Waals surface area contributed by atoms with Gasteiger partial charge in [0.25, 0.3) is 6.43 Å². The third-order valence-electron chi connectivity index (χ3n) is 1.95. The van der Waals surface area contributed by atoms with E-state index in [9.17, 15) is 8.78 Å². The minimum absolute atomic E-state index is 0.112. The van der Waals surface area contributed by atoms with Crippen molar-refractivity contribution in [3.05, 3.63) is 28.6 Å². The number of rotatable bonds is 3. The van der Waals surface area contributed by atoms with Crippen molar-refractivity contribution in [1.82, 2.24) is 4.98 Å². The van der Waals surface area contributed by atoms with Gasteiger partial charge in [-0.1, -0.05) is 15.9 Å². The highest BCUT2D eigenvalue weighted by atomic mass is 79.9. The summed E-state index contributed by atoms with van der Waals surface area (Å²) in [7, 11) is 0. The molecule has 0 aliphatic heterocycles. The molecule has 1 rings (SSSR count). The summed E-state index contributed by atoms with van der Waals surface area (Å²) in [5.41, 5.74) is 1.25. The summed E-state index contributed by atoms with van der Waals surface area (Å²) < 4.78 is 24.9. The zero-order valence-corrected chi connectivity index (χ0v) is 9.18. The molecule has 1 heterocycles. The van der Waals surface area contributed by atoms with Crippen LogP contribution in [-0.2, 0) is 11.9 Å². The molecule has 1 aromatic rings. The number of halogens is 3. The molecule has 1 aromatic heterocycles. The maximum atomic E-state index is 12.4. The van der Waals surface area contributed by atoms with E-state index in [1.807, 2.05) is 0 Å². The number of aliphatic hydroxyl groups excluding tert-OH is 1. The third kappa shape index (κ3) is 2.27. The Morgan fingerprint density at radius 2 is 2.21 bits per heavy atom. The Labute approximate surface area is 89.1 Å². The van der Waals surface area contributed by atoms with Crippen LogP contribution in [0.2, 0.25) is 0 Å². The van der Waals surface area contributed by atoms with E-state index < -0.39 is 6.43 Å². The van der Waals surface area contributed by atoms with E-state index in [1.54, 1.807) is 0 Å². The fraction of sp³-hybridized carbons (Fsp3) is 0.444. The minimum atomic E-state index is -2.54. The fourth-order valence-electron chi connectivity index (χ4n) is 1.19. The Balaban J connectivity index is 3.23. The predicted molar refractivity (Wildman–Crippen MR) is 52.5 cm³/mol. The first-order chi connectivity index (χ1) is 6.60. The van der Waals surface area contributed by atoms with E-state index in [2.05, 4.69) is 20.9 Å². The molecule has 0 spiro atoms. The zero-order valence-electron chi connectivity index (χ0n) is 7.60. The molecule has 78 valence electrons. The van der Waals surface area contributed by atoms with E-state index in [4.69, 9.17) is 5.11 Å². The van der Waals surface area contributed by atoms with Crippen molar-refractivity contribution < 1.29 is 13.9 Å². The number of alkyl halides is 3. The van der Waals surface area contributed by atoms with E-state index >= 15 is 0 Å². The highest BCUT2D eigenvalue weighted by Gasteiger charge is 2.14. The molecule has 0 saturated carbocycles. The van der Waals surface area contributed by atoms with Crippen LogP contribution in [0.1, 0.15) is 28.9 Å². The normalized spacial score (nSPS) is 11.0. The van der Waals surface area contributed by atoms with E-state index in [0.717, 1.165) is 0 Å². The van der Waals surface area contributed by atoms with Gasteiger partial charge in [-0.15, -0.1) is 0 Å². The standard InChI is InChI=1S/C9H10BrF2NO/c1-5-7(9(11)12)2-6(4-14)8(3-10)13-5/h2,9,14H,3-4H2,1H3. The number of aromatic nitrogens is 1. The first-order valence-electron chi connectivity index (χ1n) is 4.04. The van der Waals surface area contributed by atoms with Gasteiger partial charge in [-0.3, -0.25) is 4.98 Å². The molecule has 5 heteroatoms. The number of aliphatic hydroxyl groups is 1. The highest BCUT2D eigenvalue weighted by molar-refractivity contribution is 9.08. The average molecular weight is 266 g/mol. The molecule has 0 amide bonds. The van der Waals surface area contributed by atoms with Crippen LogP contribution >= 0.6 is 15.9 Å². The summed E-state index contributed by atoms with van der Waals surface area (Å²) >= 11 is 3.18. The molecule has 0 aromatic carbocycles. The van der Waals surface area contributed by atoms with Crippen molar-refractivity contribution in [3.8, 4) is 0 Å². The molecule has 0 bridgehead atoms. The number of hydrogen-bond acceptors (Lipinski definition) is 2. The number of pyridine rings is 1. The van der Waals surface area contributed by atoms with Crippen LogP contribution in [0.5, 0.6) is 0 Å². The van der Waals surface area contributed by atoms with Gasteiger partial charge in [0.05, 0.1) is 12.3 Å². The second kappa shape index (κ2) is 4.79. The van der Waals surface area contributed by atoms with Gasteiger partial charge in [0.2, 0.25) is 0 Å². The SMILES string of the molecule is Cc1nc(CBr)c(CO)cc1C(F)F. The van der Waals surface area contributed by atoms with Crippen molar-refractivity contribution in [2.75, 3.05) is 0 Å². The van der Waals surface area contributed by atoms with Crippen molar-refractivity contribution in [3.63, 3.8) is 0 Å². The summed E-state index contributed by atoms with van der Waals surface area (Å²) in [5.74, 6) is 0. The van der Waals surface area contributed by atoms with Crippen molar-refractivity contribution >= 4 is 15.9 Å². The Morgan fingerprint density at radius 3 is 2.64 bits per heavy atom. The molecular formula is C9H10BrF2NO. The molecule has 0 fully saturated rings. The first kappa shape index (κ1) is 11.5. The smallest absolute Gasteiger partial charge is 0.265 e. The van der Waals surface area contributed by atoms with Crippen molar-refractivity contribution in [2.24, 2.45) is 0 Å². The average Bonchev–Trinajstić information content (AvgIpc) is 2.16. The lowest BCUT2D eigenvalue weighted by atomic mass is 10.1. The fourth-order valence-corrected chi connectivity index (χ4v) is 1.67. The van der Waals surface area contributed by atoms with Gasteiger partial charge < -0.3 is 5.11 Å². The van der Waals surface area contributed by atoms with Gasteiger partial charge in [0, 0.05) is 22.2 Å².